The fourth-order valence-electron chi connectivity index (χ4n) is 2.00. The van der Waals surface area contributed by atoms with E-state index in [2.05, 4.69) is 5.32 Å². The number of carbonyl (C=O) groups excluding carboxylic acids is 1. The molecule has 0 saturated heterocycles. The summed E-state index contributed by atoms with van der Waals surface area (Å²) < 4.78 is 13.8. The van der Waals surface area contributed by atoms with Crippen LogP contribution in [0.2, 0.25) is 0 Å². The molecule has 2 aromatic rings. The fraction of sp³-hybridized carbons (Fsp3) is 0.188. The van der Waals surface area contributed by atoms with Crippen molar-refractivity contribution >= 4 is 5.91 Å². The van der Waals surface area contributed by atoms with Crippen LogP contribution in [0.1, 0.15) is 27.5 Å². The standard InChI is InChI=1S/C16H17FN2O/c1-11-7-8-13(14(17)9-11)16(20)19-15(10-18)12-5-3-2-4-6-12/h2-9,15H,10,18H2,1H3,(H,19,20). The number of rotatable bonds is 4. The van der Waals surface area contributed by atoms with Gasteiger partial charge in [0.05, 0.1) is 11.6 Å². The normalized spacial score (nSPS) is 11.9. The molecule has 0 fully saturated rings. The van der Waals surface area contributed by atoms with E-state index in [9.17, 15) is 9.18 Å². The van der Waals surface area contributed by atoms with Gasteiger partial charge in [-0.3, -0.25) is 4.79 Å². The van der Waals surface area contributed by atoms with Crippen molar-refractivity contribution in [2.75, 3.05) is 6.54 Å². The molecule has 0 aromatic heterocycles. The summed E-state index contributed by atoms with van der Waals surface area (Å²) in [5.74, 6) is -0.979. The SMILES string of the molecule is Cc1ccc(C(=O)NC(CN)c2ccccc2)c(F)c1. The van der Waals surface area contributed by atoms with E-state index in [0.29, 0.717) is 0 Å². The first-order valence-corrected chi connectivity index (χ1v) is 6.44. The van der Waals surface area contributed by atoms with Gasteiger partial charge in [0.25, 0.3) is 5.91 Å². The minimum atomic E-state index is -0.522. The molecule has 3 N–H and O–H groups in total. The number of hydrogen-bond donors (Lipinski definition) is 2. The minimum Gasteiger partial charge on any atom is -0.344 e. The number of amides is 1. The maximum Gasteiger partial charge on any atom is 0.254 e. The van der Waals surface area contributed by atoms with Crippen LogP contribution in [0, 0.1) is 12.7 Å². The molecule has 0 saturated carbocycles. The number of aryl methyl sites for hydroxylation is 1. The van der Waals surface area contributed by atoms with Crippen molar-refractivity contribution in [3.63, 3.8) is 0 Å². The molecule has 0 spiro atoms. The molecule has 0 aliphatic carbocycles. The van der Waals surface area contributed by atoms with Crippen molar-refractivity contribution in [3.8, 4) is 0 Å². The second kappa shape index (κ2) is 6.30. The largest absolute Gasteiger partial charge is 0.344 e. The lowest BCUT2D eigenvalue weighted by Crippen LogP contribution is -2.33. The molecule has 4 heteroatoms. The van der Waals surface area contributed by atoms with E-state index < -0.39 is 11.7 Å². The Hall–Kier alpha value is -2.20. The Kier molecular flexibility index (Phi) is 4.48. The zero-order valence-corrected chi connectivity index (χ0v) is 11.3. The smallest absolute Gasteiger partial charge is 0.254 e. The molecule has 1 amide bonds. The van der Waals surface area contributed by atoms with Crippen molar-refractivity contribution in [1.29, 1.82) is 0 Å². The Morgan fingerprint density at radius 1 is 1.25 bits per heavy atom. The van der Waals surface area contributed by atoms with Crippen LogP contribution >= 0.6 is 0 Å². The van der Waals surface area contributed by atoms with Crippen LogP contribution in [0.3, 0.4) is 0 Å². The summed E-state index contributed by atoms with van der Waals surface area (Å²) in [6, 6.07) is 13.6. The van der Waals surface area contributed by atoms with E-state index in [1.165, 1.54) is 12.1 Å². The van der Waals surface area contributed by atoms with Crippen molar-refractivity contribution in [1.82, 2.24) is 5.32 Å². The monoisotopic (exact) mass is 272 g/mol. The molecule has 0 radical (unpaired) electrons. The van der Waals surface area contributed by atoms with Gasteiger partial charge in [-0.2, -0.15) is 0 Å². The lowest BCUT2D eigenvalue weighted by atomic mass is 10.1. The summed E-state index contributed by atoms with van der Waals surface area (Å²) in [4.78, 5) is 12.1. The highest BCUT2D eigenvalue weighted by molar-refractivity contribution is 5.94. The van der Waals surface area contributed by atoms with Gasteiger partial charge in [-0.1, -0.05) is 36.4 Å². The summed E-state index contributed by atoms with van der Waals surface area (Å²) in [5.41, 5.74) is 7.39. The van der Waals surface area contributed by atoms with Crippen molar-refractivity contribution in [3.05, 3.63) is 71.0 Å². The van der Waals surface area contributed by atoms with Crippen LogP contribution in [0.5, 0.6) is 0 Å². The third-order valence-corrected chi connectivity index (χ3v) is 3.11. The average Bonchev–Trinajstić information content (AvgIpc) is 2.45. The minimum absolute atomic E-state index is 0.0324. The predicted octanol–water partition coefficient (Wildman–Crippen LogP) is 2.56. The molecule has 0 heterocycles. The van der Waals surface area contributed by atoms with Crippen LogP contribution in [-0.4, -0.2) is 12.5 Å². The number of nitrogens with one attached hydrogen (secondary N) is 1. The van der Waals surface area contributed by atoms with Gasteiger partial charge in [0, 0.05) is 6.54 Å². The molecular weight excluding hydrogens is 255 g/mol. The Bertz CT molecular complexity index is 599. The summed E-state index contributed by atoms with van der Waals surface area (Å²) in [6.07, 6.45) is 0. The maximum atomic E-state index is 13.8. The Morgan fingerprint density at radius 2 is 1.95 bits per heavy atom. The summed E-state index contributed by atoms with van der Waals surface area (Å²) >= 11 is 0. The average molecular weight is 272 g/mol. The predicted molar refractivity (Wildman–Crippen MR) is 76.8 cm³/mol. The second-order valence-corrected chi connectivity index (χ2v) is 4.66. The lowest BCUT2D eigenvalue weighted by molar-refractivity contribution is 0.0934. The van der Waals surface area contributed by atoms with Crippen molar-refractivity contribution in [2.45, 2.75) is 13.0 Å². The van der Waals surface area contributed by atoms with Gasteiger partial charge in [0.2, 0.25) is 0 Å². The number of hydrogen-bond acceptors (Lipinski definition) is 2. The van der Waals surface area contributed by atoms with Gasteiger partial charge in [-0.25, -0.2) is 4.39 Å². The van der Waals surface area contributed by atoms with E-state index in [1.807, 2.05) is 30.3 Å². The van der Waals surface area contributed by atoms with Crippen LogP contribution in [-0.2, 0) is 0 Å². The van der Waals surface area contributed by atoms with Crippen LogP contribution in [0.25, 0.3) is 0 Å². The first-order valence-electron chi connectivity index (χ1n) is 6.44. The number of nitrogens with two attached hydrogens (primary N) is 1. The van der Waals surface area contributed by atoms with Gasteiger partial charge < -0.3 is 11.1 Å². The van der Waals surface area contributed by atoms with Crippen LogP contribution < -0.4 is 11.1 Å². The molecule has 1 atom stereocenters. The molecule has 104 valence electrons. The molecule has 1 unspecified atom stereocenters. The highest BCUT2D eigenvalue weighted by Crippen LogP contribution is 2.14. The molecule has 0 bridgehead atoms. The molecule has 3 nitrogen and oxygen atoms in total. The van der Waals surface area contributed by atoms with E-state index in [-0.39, 0.29) is 18.2 Å². The number of benzene rings is 2. The quantitative estimate of drug-likeness (QED) is 0.898. The second-order valence-electron chi connectivity index (χ2n) is 4.66. The topological polar surface area (TPSA) is 55.1 Å². The first-order chi connectivity index (χ1) is 9.61. The number of halogens is 1. The summed E-state index contributed by atoms with van der Waals surface area (Å²) in [5, 5.41) is 2.76. The van der Waals surface area contributed by atoms with Gasteiger partial charge >= 0.3 is 0 Å². The highest BCUT2D eigenvalue weighted by atomic mass is 19.1. The van der Waals surface area contributed by atoms with Crippen molar-refractivity contribution < 1.29 is 9.18 Å². The third-order valence-electron chi connectivity index (χ3n) is 3.11. The summed E-state index contributed by atoms with van der Waals surface area (Å²) in [7, 11) is 0. The van der Waals surface area contributed by atoms with Gasteiger partial charge in [0.1, 0.15) is 5.82 Å². The summed E-state index contributed by atoms with van der Waals surface area (Å²) in [6.45, 7) is 2.03. The highest BCUT2D eigenvalue weighted by Gasteiger charge is 2.16. The van der Waals surface area contributed by atoms with E-state index in [0.717, 1.165) is 11.1 Å². The van der Waals surface area contributed by atoms with Gasteiger partial charge in [0.15, 0.2) is 0 Å². The lowest BCUT2D eigenvalue weighted by Gasteiger charge is -2.17. The Morgan fingerprint density at radius 3 is 2.55 bits per heavy atom. The number of carbonyl (C=O) groups is 1. The molecule has 0 aliphatic heterocycles. The fourth-order valence-corrected chi connectivity index (χ4v) is 2.00. The Balaban J connectivity index is 2.17. The van der Waals surface area contributed by atoms with Crippen molar-refractivity contribution in [2.24, 2.45) is 5.73 Å². The molecule has 2 rings (SSSR count). The molecular formula is C16H17FN2O. The third kappa shape index (κ3) is 3.22. The van der Waals surface area contributed by atoms with Crippen LogP contribution in [0.4, 0.5) is 4.39 Å². The van der Waals surface area contributed by atoms with E-state index >= 15 is 0 Å². The Labute approximate surface area is 117 Å². The van der Waals surface area contributed by atoms with Crippen LogP contribution in [0.15, 0.2) is 48.5 Å². The zero-order chi connectivity index (χ0) is 14.5. The molecule has 20 heavy (non-hydrogen) atoms. The maximum absolute atomic E-state index is 13.8. The van der Waals surface area contributed by atoms with Gasteiger partial charge in [-0.15, -0.1) is 0 Å². The zero-order valence-electron chi connectivity index (χ0n) is 11.3. The van der Waals surface area contributed by atoms with Gasteiger partial charge in [-0.05, 0) is 30.2 Å². The molecule has 0 aliphatic rings. The van der Waals surface area contributed by atoms with E-state index in [4.69, 9.17) is 5.73 Å². The molecule has 2 aromatic carbocycles. The van der Waals surface area contributed by atoms with E-state index in [1.54, 1.807) is 13.0 Å². The first kappa shape index (κ1) is 14.2.